The topological polar surface area (TPSA) is 40.6 Å². The molecule has 0 amide bonds. The highest BCUT2D eigenvalue weighted by Gasteiger charge is 2.52. The van der Waals surface area contributed by atoms with Crippen molar-refractivity contribution < 1.29 is 9.31 Å². The van der Waals surface area contributed by atoms with Crippen LogP contribution in [0.2, 0.25) is 0 Å². The first kappa shape index (κ1) is 14.1. The lowest BCUT2D eigenvalue weighted by atomic mass is 9.82. The van der Waals surface area contributed by atoms with Crippen molar-refractivity contribution >= 4 is 12.6 Å². The number of rotatable bonds is 3. The van der Waals surface area contributed by atoms with Crippen molar-refractivity contribution in [2.24, 2.45) is 0 Å². The number of hydrogen-bond acceptors (Lipinski definition) is 3. The zero-order valence-corrected chi connectivity index (χ0v) is 12.2. The zero-order valence-electron chi connectivity index (χ0n) is 12.2. The van der Waals surface area contributed by atoms with Crippen LogP contribution in [0.5, 0.6) is 0 Å². The van der Waals surface area contributed by atoms with Crippen molar-refractivity contribution in [3.05, 3.63) is 23.8 Å². The van der Waals surface area contributed by atoms with E-state index in [0.717, 1.165) is 5.46 Å². The maximum Gasteiger partial charge on any atom is 0.498 e. The van der Waals surface area contributed by atoms with E-state index in [-0.39, 0.29) is 24.4 Å². The van der Waals surface area contributed by atoms with Crippen molar-refractivity contribution in [2.75, 3.05) is 6.54 Å². The van der Waals surface area contributed by atoms with Gasteiger partial charge in [-0.15, -0.1) is 0 Å². The molecule has 0 spiro atoms. The molecule has 102 valence electrons. The predicted octanol–water partition coefficient (Wildman–Crippen LogP) is 1.66. The average molecular weight is 261 g/mol. The van der Waals surface area contributed by atoms with Gasteiger partial charge >= 0.3 is 7.12 Å². The Balaban J connectivity index is 2.15. The van der Waals surface area contributed by atoms with Crippen molar-refractivity contribution in [1.82, 2.24) is 9.78 Å². The second kappa shape index (κ2) is 4.66. The first-order valence-corrected chi connectivity index (χ1v) is 6.50. The molecule has 1 aromatic heterocycles. The van der Waals surface area contributed by atoms with Crippen molar-refractivity contribution in [1.29, 1.82) is 0 Å². The lowest BCUT2D eigenvalue weighted by molar-refractivity contribution is 0.00578. The molecule has 0 bridgehead atoms. The molecule has 2 rings (SSSR count). The van der Waals surface area contributed by atoms with E-state index in [9.17, 15) is 0 Å². The van der Waals surface area contributed by atoms with E-state index in [1.807, 2.05) is 40.8 Å². The molecule has 5 nitrogen and oxygen atoms in total. The minimum atomic E-state index is -0.390. The van der Waals surface area contributed by atoms with Gasteiger partial charge in [-0.1, -0.05) is 0 Å². The maximum atomic E-state index is 6.89. The first-order chi connectivity index (χ1) is 8.77. The van der Waals surface area contributed by atoms with Crippen LogP contribution in [-0.2, 0) is 9.31 Å². The van der Waals surface area contributed by atoms with Crippen molar-refractivity contribution in [3.63, 3.8) is 0 Å². The van der Waals surface area contributed by atoms with Gasteiger partial charge in [0.25, 0.3) is 0 Å². The van der Waals surface area contributed by atoms with Gasteiger partial charge in [-0.3, -0.25) is 4.68 Å². The van der Waals surface area contributed by atoms with Gasteiger partial charge in [-0.2, -0.15) is 5.10 Å². The molecule has 1 saturated heterocycles. The second-order valence-corrected chi connectivity index (χ2v) is 6.03. The van der Waals surface area contributed by atoms with E-state index < -0.39 is 0 Å². The van der Waals surface area contributed by atoms with Crippen LogP contribution in [-0.4, -0.2) is 34.6 Å². The van der Waals surface area contributed by atoms with Gasteiger partial charge in [0, 0.05) is 17.9 Å². The summed E-state index contributed by atoms with van der Waals surface area (Å²) in [4.78, 5) is 3.39. The summed E-state index contributed by atoms with van der Waals surface area (Å²) in [5, 5.41) is 4.29. The fourth-order valence-corrected chi connectivity index (χ4v) is 1.91. The Kier molecular flexibility index (Phi) is 3.46. The normalized spacial score (nSPS) is 22.2. The summed E-state index contributed by atoms with van der Waals surface area (Å²) in [5.41, 5.74) is 0.208. The van der Waals surface area contributed by atoms with E-state index in [1.54, 1.807) is 10.9 Å². The van der Waals surface area contributed by atoms with Crippen molar-refractivity contribution in [2.45, 2.75) is 51.9 Å². The fraction of sp³-hybridized carbons (Fsp3) is 0.692. The molecule has 0 saturated carbocycles. The van der Waals surface area contributed by atoms with E-state index >= 15 is 0 Å². The summed E-state index contributed by atoms with van der Waals surface area (Å²) in [6.07, 6.45) is 3.65. The van der Waals surface area contributed by atoms with E-state index in [4.69, 9.17) is 15.9 Å². The van der Waals surface area contributed by atoms with Gasteiger partial charge in [0.05, 0.1) is 11.2 Å². The molecule has 0 radical (unpaired) electrons. The third kappa shape index (κ3) is 2.53. The van der Waals surface area contributed by atoms with E-state index in [0.29, 0.717) is 6.54 Å². The Hall–Kier alpha value is -1.32. The van der Waals surface area contributed by atoms with Crippen LogP contribution >= 0.6 is 0 Å². The molecule has 2 heterocycles. The van der Waals surface area contributed by atoms with Crippen LogP contribution in [0, 0.1) is 6.57 Å². The fourth-order valence-electron chi connectivity index (χ4n) is 1.91. The lowest BCUT2D eigenvalue weighted by Crippen LogP contribution is -2.41. The van der Waals surface area contributed by atoms with Gasteiger partial charge in [0.2, 0.25) is 6.54 Å². The van der Waals surface area contributed by atoms with Crippen molar-refractivity contribution in [3.8, 4) is 0 Å². The summed E-state index contributed by atoms with van der Waals surface area (Å²) in [6, 6.07) is 0.0636. The standard InChI is InChI=1S/C13H20BN3O2/c1-10(7-15-6)17-9-11(8-16-17)14-18-12(2,3)13(4,5)19-14/h8-10H,7H2,1-5H3. The third-order valence-corrected chi connectivity index (χ3v) is 3.95. The van der Waals surface area contributed by atoms with Crippen LogP contribution in [0.25, 0.3) is 4.85 Å². The largest absolute Gasteiger partial charge is 0.498 e. The highest BCUT2D eigenvalue weighted by atomic mass is 16.7. The Bertz CT molecular complexity index is 488. The van der Waals surface area contributed by atoms with Crippen LogP contribution in [0.15, 0.2) is 12.4 Å². The van der Waals surface area contributed by atoms with Gasteiger partial charge < -0.3 is 14.2 Å². The summed E-state index contributed by atoms with van der Waals surface area (Å²) in [6.45, 7) is 17.4. The highest BCUT2D eigenvalue weighted by molar-refractivity contribution is 6.61. The molecule has 1 aliphatic rings. The molecule has 1 atom stereocenters. The monoisotopic (exact) mass is 261 g/mol. The predicted molar refractivity (Wildman–Crippen MR) is 74.1 cm³/mol. The van der Waals surface area contributed by atoms with Gasteiger partial charge in [-0.05, 0) is 34.6 Å². The van der Waals surface area contributed by atoms with E-state index in [1.165, 1.54) is 0 Å². The van der Waals surface area contributed by atoms with E-state index in [2.05, 4.69) is 9.94 Å². The number of nitrogens with zero attached hydrogens (tertiary/aromatic N) is 3. The van der Waals surface area contributed by atoms with Gasteiger partial charge in [-0.25, -0.2) is 6.57 Å². The summed E-state index contributed by atoms with van der Waals surface area (Å²) >= 11 is 0. The van der Waals surface area contributed by atoms with Crippen LogP contribution in [0.3, 0.4) is 0 Å². The number of aromatic nitrogens is 2. The SMILES string of the molecule is [C-]#[N+]CC(C)n1cc(B2OC(C)(C)C(C)(C)O2)cn1. The minimum absolute atomic E-state index is 0.0636. The molecule has 6 heteroatoms. The summed E-state index contributed by atoms with van der Waals surface area (Å²) in [7, 11) is -0.390. The zero-order chi connectivity index (χ0) is 14.3. The Morgan fingerprint density at radius 3 is 2.47 bits per heavy atom. The molecule has 19 heavy (non-hydrogen) atoms. The molecular formula is C13H20BN3O2. The molecule has 1 aliphatic heterocycles. The van der Waals surface area contributed by atoms with Crippen LogP contribution in [0.1, 0.15) is 40.7 Å². The molecule has 1 aromatic rings. The Morgan fingerprint density at radius 2 is 1.95 bits per heavy atom. The molecule has 0 aliphatic carbocycles. The minimum Gasteiger partial charge on any atom is -0.399 e. The molecule has 0 aromatic carbocycles. The molecule has 0 N–H and O–H groups in total. The second-order valence-electron chi connectivity index (χ2n) is 6.03. The smallest absolute Gasteiger partial charge is 0.399 e. The summed E-state index contributed by atoms with van der Waals surface area (Å²) in [5.74, 6) is 0. The lowest BCUT2D eigenvalue weighted by Gasteiger charge is -2.32. The Labute approximate surface area is 114 Å². The highest BCUT2D eigenvalue weighted by Crippen LogP contribution is 2.36. The Morgan fingerprint density at radius 1 is 1.37 bits per heavy atom. The van der Waals surface area contributed by atoms with Gasteiger partial charge in [0.15, 0.2) is 0 Å². The maximum absolute atomic E-state index is 6.89. The molecular weight excluding hydrogens is 241 g/mol. The summed E-state index contributed by atoms with van der Waals surface area (Å²) < 4.78 is 13.7. The van der Waals surface area contributed by atoms with Crippen LogP contribution < -0.4 is 5.46 Å². The quantitative estimate of drug-likeness (QED) is 0.613. The molecule has 1 fully saturated rings. The third-order valence-electron chi connectivity index (χ3n) is 3.95. The molecule has 1 unspecified atom stereocenters. The van der Waals surface area contributed by atoms with Crippen LogP contribution in [0.4, 0.5) is 0 Å². The first-order valence-electron chi connectivity index (χ1n) is 6.50. The average Bonchev–Trinajstić information content (AvgIpc) is 2.83. The van der Waals surface area contributed by atoms with Gasteiger partial charge in [0.1, 0.15) is 6.04 Å². The number of hydrogen-bond donors (Lipinski definition) is 0.